The number of hydrogen-bond donors (Lipinski definition) is 1. The highest BCUT2D eigenvalue weighted by atomic mass is 32.1. The van der Waals surface area contributed by atoms with E-state index in [9.17, 15) is 4.79 Å². The Morgan fingerprint density at radius 2 is 1.93 bits per heavy atom. The van der Waals surface area contributed by atoms with Gasteiger partial charge in [0.2, 0.25) is 0 Å². The molecule has 28 heavy (non-hydrogen) atoms. The van der Waals surface area contributed by atoms with E-state index in [1.54, 1.807) is 17.5 Å². The molecular weight excluding hydrogens is 370 g/mol. The van der Waals surface area contributed by atoms with Gasteiger partial charge in [0.05, 0.1) is 10.9 Å². The molecule has 4 heterocycles. The second-order valence-corrected chi connectivity index (χ2v) is 9.91. The molecule has 0 radical (unpaired) electrons. The Bertz CT molecular complexity index is 802. The Kier molecular flexibility index (Phi) is 5.38. The van der Waals surface area contributed by atoms with Crippen molar-refractivity contribution < 1.29 is 4.79 Å². The molecule has 2 aromatic rings. The molecule has 6 nitrogen and oxygen atoms in total. The number of anilines is 1. The van der Waals surface area contributed by atoms with Gasteiger partial charge in [0.25, 0.3) is 5.91 Å². The van der Waals surface area contributed by atoms with Crippen LogP contribution in [-0.2, 0) is 0 Å². The number of aromatic nitrogens is 2. The van der Waals surface area contributed by atoms with Gasteiger partial charge >= 0.3 is 0 Å². The van der Waals surface area contributed by atoms with Crippen molar-refractivity contribution in [2.75, 3.05) is 31.1 Å². The number of hydrogen-bond acceptors (Lipinski definition) is 6. The van der Waals surface area contributed by atoms with E-state index < -0.39 is 0 Å². The number of carbonyl (C=O) groups is 1. The first-order valence-electron chi connectivity index (χ1n) is 10.1. The highest BCUT2D eigenvalue weighted by Gasteiger charge is 2.31. The summed E-state index contributed by atoms with van der Waals surface area (Å²) in [6, 6.07) is 8.15. The molecule has 0 atom stereocenters. The number of amides is 1. The SMILES string of the molecule is CC(C)(C)N1CCC(c2ccc(C(=O)NC3CN(c4cccnn4)C3)s2)CC1. The fourth-order valence-corrected chi connectivity index (χ4v) is 5.08. The quantitative estimate of drug-likeness (QED) is 0.856. The van der Waals surface area contributed by atoms with Gasteiger partial charge in [-0.2, -0.15) is 5.10 Å². The van der Waals surface area contributed by atoms with Crippen LogP contribution in [-0.4, -0.2) is 58.8 Å². The highest BCUT2D eigenvalue weighted by Crippen LogP contribution is 2.35. The molecule has 0 unspecified atom stereocenters. The molecule has 0 spiro atoms. The molecule has 0 saturated carbocycles. The molecule has 2 fully saturated rings. The van der Waals surface area contributed by atoms with Crippen LogP contribution in [0.3, 0.4) is 0 Å². The summed E-state index contributed by atoms with van der Waals surface area (Å²) in [6.45, 7) is 10.7. The van der Waals surface area contributed by atoms with Crippen LogP contribution in [0.1, 0.15) is 54.1 Å². The van der Waals surface area contributed by atoms with Crippen molar-refractivity contribution >= 4 is 23.1 Å². The number of nitrogens with one attached hydrogen (secondary N) is 1. The topological polar surface area (TPSA) is 61.4 Å². The van der Waals surface area contributed by atoms with E-state index in [2.05, 4.69) is 52.2 Å². The van der Waals surface area contributed by atoms with E-state index in [1.807, 2.05) is 18.2 Å². The van der Waals surface area contributed by atoms with E-state index >= 15 is 0 Å². The van der Waals surface area contributed by atoms with Crippen LogP contribution in [0, 0.1) is 0 Å². The van der Waals surface area contributed by atoms with Gasteiger partial charge < -0.3 is 10.2 Å². The average molecular weight is 400 g/mol. The normalized spacial score (nSPS) is 19.5. The van der Waals surface area contributed by atoms with Crippen LogP contribution < -0.4 is 10.2 Å². The third kappa shape index (κ3) is 4.20. The van der Waals surface area contributed by atoms with Gasteiger partial charge in [-0.1, -0.05) is 0 Å². The molecule has 2 aliphatic heterocycles. The summed E-state index contributed by atoms with van der Waals surface area (Å²) in [5.41, 5.74) is 0.244. The van der Waals surface area contributed by atoms with Crippen LogP contribution in [0.2, 0.25) is 0 Å². The average Bonchev–Trinajstić information content (AvgIpc) is 3.14. The van der Waals surface area contributed by atoms with Crippen molar-refractivity contribution in [3.8, 4) is 0 Å². The van der Waals surface area contributed by atoms with Crippen LogP contribution in [0.15, 0.2) is 30.5 Å². The number of rotatable bonds is 4. The molecule has 150 valence electrons. The molecule has 0 aromatic carbocycles. The van der Waals surface area contributed by atoms with Crippen LogP contribution in [0.4, 0.5) is 5.82 Å². The standard InChI is InChI=1S/C21H29N5OS/c1-21(2,3)26-11-8-15(9-12-26)17-6-7-18(28-17)20(27)23-16-13-25(14-16)19-5-4-10-22-24-19/h4-7,10,15-16H,8-9,11-14H2,1-3H3,(H,23,27). The van der Waals surface area contributed by atoms with Crippen molar-refractivity contribution in [2.24, 2.45) is 0 Å². The molecule has 0 bridgehead atoms. The minimum atomic E-state index is 0.0483. The summed E-state index contributed by atoms with van der Waals surface area (Å²) in [4.78, 5) is 19.5. The number of thiophene rings is 1. The van der Waals surface area contributed by atoms with Gasteiger partial charge in [-0.05, 0) is 76.9 Å². The summed E-state index contributed by atoms with van der Waals surface area (Å²) in [5, 5.41) is 11.2. The predicted octanol–water partition coefficient (Wildman–Crippen LogP) is 3.13. The molecule has 7 heteroatoms. The minimum absolute atomic E-state index is 0.0483. The molecule has 1 amide bonds. The van der Waals surface area contributed by atoms with E-state index in [0.717, 1.165) is 36.9 Å². The Hall–Kier alpha value is -1.99. The van der Waals surface area contributed by atoms with Crippen LogP contribution in [0.5, 0.6) is 0 Å². The van der Waals surface area contributed by atoms with Crippen molar-refractivity contribution in [2.45, 2.75) is 51.1 Å². The number of likely N-dealkylation sites (tertiary alicyclic amines) is 1. The Morgan fingerprint density at radius 3 is 2.57 bits per heavy atom. The first kappa shape index (κ1) is 19.3. The van der Waals surface area contributed by atoms with Gasteiger partial charge in [-0.3, -0.25) is 9.69 Å². The maximum Gasteiger partial charge on any atom is 0.261 e. The number of piperidine rings is 1. The fraction of sp³-hybridized carbons (Fsp3) is 0.571. The Balaban J connectivity index is 1.27. The van der Waals surface area contributed by atoms with Gasteiger partial charge in [0.15, 0.2) is 5.82 Å². The van der Waals surface area contributed by atoms with Gasteiger partial charge in [0.1, 0.15) is 0 Å². The lowest BCUT2D eigenvalue weighted by Crippen LogP contribution is -2.59. The number of carbonyl (C=O) groups excluding carboxylic acids is 1. The Morgan fingerprint density at radius 1 is 1.18 bits per heavy atom. The minimum Gasteiger partial charge on any atom is -0.351 e. The molecule has 2 aromatic heterocycles. The second-order valence-electron chi connectivity index (χ2n) is 8.79. The monoisotopic (exact) mass is 399 g/mol. The second kappa shape index (κ2) is 7.79. The summed E-state index contributed by atoms with van der Waals surface area (Å²) >= 11 is 1.66. The maximum absolute atomic E-state index is 12.6. The molecule has 1 N–H and O–H groups in total. The third-order valence-electron chi connectivity index (χ3n) is 5.80. The zero-order valence-corrected chi connectivity index (χ0v) is 17.7. The van der Waals surface area contributed by atoms with Crippen LogP contribution in [0.25, 0.3) is 0 Å². The van der Waals surface area contributed by atoms with E-state index in [4.69, 9.17) is 0 Å². The van der Waals surface area contributed by atoms with Crippen molar-refractivity contribution in [3.63, 3.8) is 0 Å². The summed E-state index contributed by atoms with van der Waals surface area (Å²) in [7, 11) is 0. The van der Waals surface area contributed by atoms with E-state index in [-0.39, 0.29) is 17.5 Å². The summed E-state index contributed by atoms with van der Waals surface area (Å²) < 4.78 is 0. The largest absolute Gasteiger partial charge is 0.351 e. The smallest absolute Gasteiger partial charge is 0.261 e. The zero-order valence-electron chi connectivity index (χ0n) is 16.9. The van der Waals surface area contributed by atoms with E-state index in [0.29, 0.717) is 5.92 Å². The molecule has 0 aliphatic carbocycles. The third-order valence-corrected chi connectivity index (χ3v) is 7.04. The van der Waals surface area contributed by atoms with Crippen molar-refractivity contribution in [1.82, 2.24) is 20.4 Å². The molecule has 2 aliphatic rings. The number of nitrogens with zero attached hydrogens (tertiary/aromatic N) is 4. The summed E-state index contributed by atoms with van der Waals surface area (Å²) in [5.74, 6) is 1.50. The van der Waals surface area contributed by atoms with Gasteiger partial charge in [-0.25, -0.2) is 0 Å². The Labute approximate surface area is 171 Å². The zero-order chi connectivity index (χ0) is 19.7. The lowest BCUT2D eigenvalue weighted by molar-refractivity contribution is 0.0934. The first-order chi connectivity index (χ1) is 13.4. The van der Waals surface area contributed by atoms with Crippen molar-refractivity contribution in [1.29, 1.82) is 0 Å². The molecular formula is C21H29N5OS. The fourth-order valence-electron chi connectivity index (χ4n) is 4.00. The first-order valence-corrected chi connectivity index (χ1v) is 10.9. The lowest BCUT2D eigenvalue weighted by Gasteiger charge is -2.40. The van der Waals surface area contributed by atoms with Gasteiger partial charge in [-0.15, -0.1) is 16.4 Å². The van der Waals surface area contributed by atoms with Crippen molar-refractivity contribution in [3.05, 3.63) is 40.2 Å². The predicted molar refractivity (Wildman–Crippen MR) is 113 cm³/mol. The molecule has 2 saturated heterocycles. The maximum atomic E-state index is 12.6. The van der Waals surface area contributed by atoms with E-state index in [1.165, 1.54) is 17.7 Å². The van der Waals surface area contributed by atoms with Crippen LogP contribution >= 0.6 is 11.3 Å². The summed E-state index contributed by atoms with van der Waals surface area (Å²) in [6.07, 6.45) is 4.02. The highest BCUT2D eigenvalue weighted by molar-refractivity contribution is 7.14. The molecule has 4 rings (SSSR count). The lowest BCUT2D eigenvalue weighted by atomic mass is 9.92. The van der Waals surface area contributed by atoms with Gasteiger partial charge in [0, 0.05) is 29.7 Å².